The zero-order valence-electron chi connectivity index (χ0n) is 6.46. The predicted molar refractivity (Wildman–Crippen MR) is 42.7 cm³/mol. The molecule has 1 aromatic heterocycles. The van der Waals surface area contributed by atoms with E-state index >= 15 is 0 Å². The molecule has 0 atom stereocenters. The van der Waals surface area contributed by atoms with Gasteiger partial charge >= 0.3 is 0 Å². The van der Waals surface area contributed by atoms with E-state index in [1.54, 1.807) is 6.07 Å². The van der Waals surface area contributed by atoms with Crippen molar-refractivity contribution in [1.29, 1.82) is 5.26 Å². The third kappa shape index (κ3) is 1.49. The molecule has 1 heterocycles. The van der Waals surface area contributed by atoms with Crippen molar-refractivity contribution < 1.29 is 8.78 Å². The maximum atomic E-state index is 12.2. The molecule has 0 saturated heterocycles. The van der Waals surface area contributed by atoms with E-state index in [-0.39, 0.29) is 17.1 Å². The van der Waals surface area contributed by atoms with Gasteiger partial charge in [0.2, 0.25) is 0 Å². The highest BCUT2D eigenvalue weighted by Gasteiger charge is 2.17. The van der Waals surface area contributed by atoms with E-state index in [1.807, 2.05) is 0 Å². The van der Waals surface area contributed by atoms with Crippen LogP contribution in [0.2, 0.25) is 0 Å². The topological polar surface area (TPSA) is 88.7 Å². The van der Waals surface area contributed by atoms with Gasteiger partial charge in [0.15, 0.2) is 0 Å². The van der Waals surface area contributed by atoms with Crippen LogP contribution in [0.15, 0.2) is 6.20 Å². The first kappa shape index (κ1) is 9.19. The zero-order valence-corrected chi connectivity index (χ0v) is 6.46. The highest BCUT2D eigenvalue weighted by molar-refractivity contribution is 5.69. The molecule has 0 fully saturated rings. The molecule has 68 valence electrons. The Morgan fingerprint density at radius 1 is 1.46 bits per heavy atom. The summed E-state index contributed by atoms with van der Waals surface area (Å²) in [6.45, 7) is 0. The normalized spacial score (nSPS) is 10.0. The van der Waals surface area contributed by atoms with E-state index in [1.165, 1.54) is 0 Å². The molecular formula is C7H6F2N4. The van der Waals surface area contributed by atoms with Crippen LogP contribution in [-0.4, -0.2) is 4.98 Å². The molecule has 1 aromatic rings. The van der Waals surface area contributed by atoms with Crippen LogP contribution in [0.3, 0.4) is 0 Å². The van der Waals surface area contributed by atoms with Crippen LogP contribution in [0.5, 0.6) is 0 Å². The highest BCUT2D eigenvalue weighted by Crippen LogP contribution is 2.27. The summed E-state index contributed by atoms with van der Waals surface area (Å²) in [5.74, 6) is -0.110. The van der Waals surface area contributed by atoms with E-state index in [0.29, 0.717) is 0 Å². The largest absolute Gasteiger partial charge is 0.395 e. The molecule has 6 heteroatoms. The summed E-state index contributed by atoms with van der Waals surface area (Å²) >= 11 is 0. The van der Waals surface area contributed by atoms with E-state index < -0.39 is 12.0 Å². The minimum Gasteiger partial charge on any atom is -0.395 e. The first-order valence-corrected chi connectivity index (χ1v) is 3.30. The second-order valence-corrected chi connectivity index (χ2v) is 2.30. The molecule has 0 aliphatic rings. The molecule has 0 aromatic carbocycles. The zero-order chi connectivity index (χ0) is 10.0. The van der Waals surface area contributed by atoms with Crippen molar-refractivity contribution >= 4 is 11.5 Å². The molecular weight excluding hydrogens is 178 g/mol. The second kappa shape index (κ2) is 3.23. The van der Waals surface area contributed by atoms with Crippen LogP contribution >= 0.6 is 0 Å². The van der Waals surface area contributed by atoms with Gasteiger partial charge in [-0.05, 0) is 0 Å². The number of rotatable bonds is 1. The minimum absolute atomic E-state index is 0.110. The SMILES string of the molecule is N#Cc1c(C(F)F)cnc(N)c1N. The number of nitrogens with two attached hydrogens (primary N) is 2. The number of nitrogen functional groups attached to an aromatic ring is 2. The Kier molecular flexibility index (Phi) is 2.28. The van der Waals surface area contributed by atoms with Gasteiger partial charge in [-0.3, -0.25) is 0 Å². The Balaban J connectivity index is 3.41. The number of halogens is 2. The van der Waals surface area contributed by atoms with Crippen LogP contribution in [0.1, 0.15) is 17.6 Å². The minimum atomic E-state index is -2.77. The average Bonchev–Trinajstić information content (AvgIpc) is 2.09. The number of aromatic nitrogens is 1. The standard InChI is InChI=1S/C7H6F2N4/c8-6(9)4-2-13-7(12)5(11)3(4)1-10/h2,6H,11H2,(H2,12,13). The van der Waals surface area contributed by atoms with Crippen molar-refractivity contribution in [3.05, 3.63) is 17.3 Å². The number of nitrogens with zero attached hydrogens (tertiary/aromatic N) is 2. The Bertz CT molecular complexity index is 369. The molecule has 0 saturated carbocycles. The lowest BCUT2D eigenvalue weighted by Gasteiger charge is -2.06. The summed E-state index contributed by atoms with van der Waals surface area (Å²) in [5, 5.41) is 8.53. The highest BCUT2D eigenvalue weighted by atomic mass is 19.3. The Hall–Kier alpha value is -1.90. The predicted octanol–water partition coefficient (Wildman–Crippen LogP) is 1.06. The lowest BCUT2D eigenvalue weighted by atomic mass is 10.1. The van der Waals surface area contributed by atoms with Crippen LogP contribution in [0, 0.1) is 11.3 Å². The van der Waals surface area contributed by atoms with Crippen molar-refractivity contribution in [2.45, 2.75) is 6.43 Å². The van der Waals surface area contributed by atoms with Crippen LogP contribution in [-0.2, 0) is 0 Å². The fourth-order valence-electron chi connectivity index (χ4n) is 0.847. The van der Waals surface area contributed by atoms with Crippen molar-refractivity contribution in [3.8, 4) is 6.07 Å². The molecule has 0 radical (unpaired) electrons. The monoisotopic (exact) mass is 184 g/mol. The Morgan fingerprint density at radius 2 is 2.08 bits per heavy atom. The number of anilines is 2. The number of hydrogen-bond donors (Lipinski definition) is 2. The molecule has 0 unspecified atom stereocenters. The van der Waals surface area contributed by atoms with Gasteiger partial charge in [0, 0.05) is 6.20 Å². The summed E-state index contributed by atoms with van der Waals surface area (Å²) in [6, 6.07) is 1.56. The van der Waals surface area contributed by atoms with Crippen LogP contribution in [0.25, 0.3) is 0 Å². The fourth-order valence-corrected chi connectivity index (χ4v) is 0.847. The lowest BCUT2D eigenvalue weighted by Crippen LogP contribution is -2.04. The van der Waals surface area contributed by atoms with Gasteiger partial charge < -0.3 is 11.5 Å². The average molecular weight is 184 g/mol. The summed E-state index contributed by atoms with van der Waals surface area (Å²) in [6.07, 6.45) is -1.92. The molecule has 0 aliphatic carbocycles. The molecule has 0 amide bonds. The Morgan fingerprint density at radius 3 is 2.54 bits per heavy atom. The van der Waals surface area contributed by atoms with Gasteiger partial charge in [0.1, 0.15) is 11.9 Å². The van der Waals surface area contributed by atoms with Gasteiger partial charge in [0.05, 0.1) is 16.8 Å². The van der Waals surface area contributed by atoms with Gasteiger partial charge in [-0.1, -0.05) is 0 Å². The van der Waals surface area contributed by atoms with Gasteiger partial charge in [-0.15, -0.1) is 0 Å². The van der Waals surface area contributed by atoms with Gasteiger partial charge in [-0.25, -0.2) is 13.8 Å². The van der Waals surface area contributed by atoms with Crippen LogP contribution < -0.4 is 11.5 Å². The summed E-state index contributed by atoms with van der Waals surface area (Å²) in [4.78, 5) is 3.43. The molecule has 1 rings (SSSR count). The van der Waals surface area contributed by atoms with Gasteiger partial charge in [-0.2, -0.15) is 5.26 Å². The van der Waals surface area contributed by atoms with E-state index in [9.17, 15) is 8.78 Å². The van der Waals surface area contributed by atoms with E-state index in [0.717, 1.165) is 6.20 Å². The Labute approximate surface area is 72.8 Å². The molecule has 13 heavy (non-hydrogen) atoms. The number of alkyl halides is 2. The van der Waals surface area contributed by atoms with E-state index in [4.69, 9.17) is 16.7 Å². The third-order valence-corrected chi connectivity index (χ3v) is 1.52. The van der Waals surface area contributed by atoms with Gasteiger partial charge in [0.25, 0.3) is 6.43 Å². The van der Waals surface area contributed by atoms with Crippen molar-refractivity contribution in [2.75, 3.05) is 11.5 Å². The van der Waals surface area contributed by atoms with E-state index in [2.05, 4.69) is 4.98 Å². The number of pyridine rings is 1. The molecule has 0 bridgehead atoms. The maximum Gasteiger partial charge on any atom is 0.266 e. The van der Waals surface area contributed by atoms with Crippen LogP contribution in [0.4, 0.5) is 20.3 Å². The number of nitriles is 1. The molecule has 4 nitrogen and oxygen atoms in total. The summed E-state index contributed by atoms with van der Waals surface area (Å²) in [7, 11) is 0. The first-order chi connectivity index (χ1) is 6.07. The molecule has 4 N–H and O–H groups in total. The van der Waals surface area contributed by atoms with Crippen molar-refractivity contribution in [1.82, 2.24) is 4.98 Å². The maximum absolute atomic E-state index is 12.2. The lowest BCUT2D eigenvalue weighted by molar-refractivity contribution is 0.150. The number of hydrogen-bond acceptors (Lipinski definition) is 4. The third-order valence-electron chi connectivity index (χ3n) is 1.52. The quantitative estimate of drug-likeness (QED) is 0.682. The summed E-state index contributed by atoms with van der Waals surface area (Å²) < 4.78 is 24.5. The van der Waals surface area contributed by atoms with Crippen molar-refractivity contribution in [3.63, 3.8) is 0 Å². The molecule has 0 aliphatic heterocycles. The smallest absolute Gasteiger partial charge is 0.266 e. The molecule has 0 spiro atoms. The first-order valence-electron chi connectivity index (χ1n) is 3.30. The fraction of sp³-hybridized carbons (Fsp3) is 0.143. The second-order valence-electron chi connectivity index (χ2n) is 2.30. The van der Waals surface area contributed by atoms with Crippen molar-refractivity contribution in [2.24, 2.45) is 0 Å². The summed E-state index contributed by atoms with van der Waals surface area (Å²) in [5.41, 5.74) is 9.53.